The van der Waals surface area contributed by atoms with Gasteiger partial charge in [-0.1, -0.05) is 31.2 Å². The van der Waals surface area contributed by atoms with Crippen LogP contribution in [0.5, 0.6) is 0 Å². The van der Waals surface area contributed by atoms with Gasteiger partial charge in [0.2, 0.25) is 5.95 Å². The van der Waals surface area contributed by atoms with Gasteiger partial charge in [-0.05, 0) is 52.2 Å². The van der Waals surface area contributed by atoms with Gasteiger partial charge in [0.1, 0.15) is 0 Å². The van der Waals surface area contributed by atoms with E-state index in [9.17, 15) is 4.79 Å². The van der Waals surface area contributed by atoms with Crippen LogP contribution in [0, 0.1) is 0 Å². The van der Waals surface area contributed by atoms with Crippen LogP contribution in [0.4, 0.5) is 17.3 Å². The third-order valence-corrected chi connectivity index (χ3v) is 4.35. The number of hydrogen-bond donors (Lipinski definition) is 2. The molecule has 126 valence electrons. The summed E-state index contributed by atoms with van der Waals surface area (Å²) in [7, 11) is 0. The molecule has 0 aliphatic carbocycles. The fourth-order valence-corrected chi connectivity index (χ4v) is 2.60. The predicted molar refractivity (Wildman–Crippen MR) is 103 cm³/mol. The molecule has 5 nitrogen and oxygen atoms in total. The summed E-state index contributed by atoms with van der Waals surface area (Å²) in [5.41, 5.74) is 3.27. The predicted octanol–water partition coefficient (Wildman–Crippen LogP) is 4.80. The van der Waals surface area contributed by atoms with E-state index in [2.05, 4.69) is 55.6 Å². The van der Waals surface area contributed by atoms with E-state index in [-0.39, 0.29) is 5.91 Å². The zero-order chi connectivity index (χ0) is 17.6. The van der Waals surface area contributed by atoms with E-state index in [1.807, 2.05) is 36.4 Å². The Hall–Kier alpha value is -2.73. The zero-order valence-corrected chi connectivity index (χ0v) is 15.2. The molecule has 6 heteroatoms. The van der Waals surface area contributed by atoms with Crippen LogP contribution in [-0.2, 0) is 6.42 Å². The van der Waals surface area contributed by atoms with Gasteiger partial charge in [0.05, 0.1) is 11.3 Å². The number of benzene rings is 2. The number of carbonyl (C=O) groups excluding carboxylic acids is 1. The molecule has 0 aliphatic rings. The van der Waals surface area contributed by atoms with Gasteiger partial charge >= 0.3 is 0 Å². The molecule has 3 rings (SSSR count). The molecule has 0 unspecified atom stereocenters. The lowest BCUT2D eigenvalue weighted by atomic mass is 10.1. The molecule has 2 N–H and O–H groups in total. The first kappa shape index (κ1) is 17.1. The maximum absolute atomic E-state index is 12.3. The molecule has 25 heavy (non-hydrogen) atoms. The van der Waals surface area contributed by atoms with E-state index in [4.69, 9.17) is 0 Å². The van der Waals surface area contributed by atoms with Crippen molar-refractivity contribution in [3.8, 4) is 0 Å². The number of anilines is 3. The van der Waals surface area contributed by atoms with E-state index in [1.165, 1.54) is 18.0 Å². The summed E-state index contributed by atoms with van der Waals surface area (Å²) in [5, 5.41) is 5.94. The molecular formula is C19H17BrN4O. The summed E-state index contributed by atoms with van der Waals surface area (Å²) in [6.07, 6.45) is 4.00. The number of aryl methyl sites for hydroxylation is 1. The summed E-state index contributed by atoms with van der Waals surface area (Å²) in [6, 6.07) is 15.5. The molecule has 0 saturated carbocycles. The molecule has 0 atom stereocenters. The Labute approximate surface area is 154 Å². The summed E-state index contributed by atoms with van der Waals surface area (Å²) >= 11 is 3.40. The second-order valence-corrected chi connectivity index (χ2v) is 6.26. The van der Waals surface area contributed by atoms with Crippen molar-refractivity contribution in [3.05, 3.63) is 76.5 Å². The topological polar surface area (TPSA) is 66.9 Å². The molecule has 0 aliphatic heterocycles. The van der Waals surface area contributed by atoms with Gasteiger partial charge in [-0.2, -0.15) is 0 Å². The van der Waals surface area contributed by atoms with Gasteiger partial charge in [-0.3, -0.25) is 4.79 Å². The van der Waals surface area contributed by atoms with Crippen LogP contribution in [0.15, 0.2) is 65.4 Å². The maximum atomic E-state index is 12.3. The summed E-state index contributed by atoms with van der Waals surface area (Å²) in [6.45, 7) is 2.11. The van der Waals surface area contributed by atoms with Crippen molar-refractivity contribution < 1.29 is 4.79 Å². The largest absolute Gasteiger partial charge is 0.324 e. The lowest BCUT2D eigenvalue weighted by Crippen LogP contribution is -2.13. The third-order valence-electron chi connectivity index (χ3n) is 3.65. The average Bonchev–Trinajstić information content (AvgIpc) is 2.65. The van der Waals surface area contributed by atoms with Crippen molar-refractivity contribution in [2.45, 2.75) is 13.3 Å². The average molecular weight is 397 g/mol. The van der Waals surface area contributed by atoms with Gasteiger partial charge in [0.15, 0.2) is 0 Å². The minimum atomic E-state index is -0.259. The quantitative estimate of drug-likeness (QED) is 0.649. The second-order valence-electron chi connectivity index (χ2n) is 5.40. The van der Waals surface area contributed by atoms with Gasteiger partial charge < -0.3 is 10.6 Å². The fourth-order valence-electron chi connectivity index (χ4n) is 2.22. The van der Waals surface area contributed by atoms with Crippen molar-refractivity contribution in [2.75, 3.05) is 10.6 Å². The lowest BCUT2D eigenvalue weighted by Gasteiger charge is -2.08. The van der Waals surface area contributed by atoms with Crippen molar-refractivity contribution >= 4 is 39.2 Å². The maximum Gasteiger partial charge on any atom is 0.258 e. The summed E-state index contributed by atoms with van der Waals surface area (Å²) < 4.78 is 0.818. The Morgan fingerprint density at radius 3 is 2.36 bits per heavy atom. The smallest absolute Gasteiger partial charge is 0.258 e. The summed E-state index contributed by atoms with van der Waals surface area (Å²) in [5.74, 6) is 0.187. The van der Waals surface area contributed by atoms with Crippen molar-refractivity contribution in [2.24, 2.45) is 0 Å². The van der Waals surface area contributed by atoms with Crippen LogP contribution >= 0.6 is 15.9 Å². The number of nitrogens with zero attached hydrogens (tertiary/aromatic N) is 2. The van der Waals surface area contributed by atoms with E-state index in [0.29, 0.717) is 17.2 Å². The molecule has 1 aromatic heterocycles. The monoisotopic (exact) mass is 396 g/mol. The van der Waals surface area contributed by atoms with Crippen LogP contribution in [0.25, 0.3) is 0 Å². The zero-order valence-electron chi connectivity index (χ0n) is 13.7. The Morgan fingerprint density at radius 1 is 1.04 bits per heavy atom. The highest BCUT2D eigenvalue weighted by Gasteiger charge is 2.09. The number of rotatable bonds is 5. The van der Waals surface area contributed by atoms with Crippen LogP contribution < -0.4 is 10.6 Å². The van der Waals surface area contributed by atoms with E-state index in [0.717, 1.165) is 16.6 Å². The Balaban J connectivity index is 1.67. The molecule has 0 fully saturated rings. The first-order valence-electron chi connectivity index (χ1n) is 7.89. The van der Waals surface area contributed by atoms with Crippen LogP contribution in [0.3, 0.4) is 0 Å². The normalized spacial score (nSPS) is 10.3. The Morgan fingerprint density at radius 2 is 1.72 bits per heavy atom. The highest BCUT2D eigenvalue weighted by Crippen LogP contribution is 2.22. The SMILES string of the molecule is CCc1ccc(Nc2ncc(C(=O)Nc3ccccc3Br)cn2)cc1. The number of hydrogen-bond acceptors (Lipinski definition) is 4. The van der Waals surface area contributed by atoms with Crippen LogP contribution in [-0.4, -0.2) is 15.9 Å². The van der Waals surface area contributed by atoms with Gasteiger partial charge in [-0.25, -0.2) is 9.97 Å². The minimum Gasteiger partial charge on any atom is -0.324 e. The molecule has 1 heterocycles. The van der Waals surface area contributed by atoms with Gasteiger partial charge in [0.25, 0.3) is 5.91 Å². The molecule has 2 aromatic carbocycles. The summed E-state index contributed by atoms with van der Waals surface area (Å²) in [4.78, 5) is 20.7. The van der Waals surface area contributed by atoms with Crippen molar-refractivity contribution in [1.82, 2.24) is 9.97 Å². The third kappa shape index (κ3) is 4.42. The lowest BCUT2D eigenvalue weighted by molar-refractivity contribution is 0.102. The number of para-hydroxylation sites is 1. The Bertz CT molecular complexity index is 863. The number of halogens is 1. The number of nitrogens with one attached hydrogen (secondary N) is 2. The highest BCUT2D eigenvalue weighted by atomic mass is 79.9. The van der Waals surface area contributed by atoms with E-state index >= 15 is 0 Å². The van der Waals surface area contributed by atoms with Crippen LogP contribution in [0.2, 0.25) is 0 Å². The molecule has 1 amide bonds. The molecular weight excluding hydrogens is 380 g/mol. The van der Waals surface area contributed by atoms with Gasteiger partial charge in [0, 0.05) is 22.6 Å². The molecule has 0 saturated heterocycles. The molecule has 0 radical (unpaired) electrons. The van der Waals surface area contributed by atoms with Crippen molar-refractivity contribution in [1.29, 1.82) is 0 Å². The molecule has 0 spiro atoms. The van der Waals surface area contributed by atoms with Crippen LogP contribution in [0.1, 0.15) is 22.8 Å². The fraction of sp³-hybridized carbons (Fsp3) is 0.105. The number of amides is 1. The number of aromatic nitrogens is 2. The van der Waals surface area contributed by atoms with Crippen molar-refractivity contribution in [3.63, 3.8) is 0 Å². The number of carbonyl (C=O) groups is 1. The Kier molecular flexibility index (Phi) is 5.40. The van der Waals surface area contributed by atoms with E-state index in [1.54, 1.807) is 0 Å². The first-order valence-corrected chi connectivity index (χ1v) is 8.69. The standard InChI is InChI=1S/C19H17BrN4O/c1-2-13-7-9-15(10-8-13)23-19-21-11-14(12-22-19)18(25)24-17-6-4-3-5-16(17)20/h3-12H,2H2,1H3,(H,24,25)(H,21,22,23). The first-order chi connectivity index (χ1) is 12.2. The molecule has 0 bridgehead atoms. The molecule has 3 aromatic rings. The minimum absolute atomic E-state index is 0.259. The van der Waals surface area contributed by atoms with E-state index < -0.39 is 0 Å². The second kappa shape index (κ2) is 7.90. The highest BCUT2D eigenvalue weighted by molar-refractivity contribution is 9.10. The van der Waals surface area contributed by atoms with Gasteiger partial charge in [-0.15, -0.1) is 0 Å².